The van der Waals surface area contributed by atoms with Crippen LogP contribution < -0.4 is 9.64 Å². The first-order valence-electron chi connectivity index (χ1n) is 7.11. The van der Waals surface area contributed by atoms with Crippen molar-refractivity contribution in [2.24, 2.45) is 0 Å². The highest BCUT2D eigenvalue weighted by Crippen LogP contribution is 2.27. The SMILES string of the molecule is COc1cnccc1N1CCN(C(=O)OC(C)(C)C)CC1. The van der Waals surface area contributed by atoms with E-state index in [1.54, 1.807) is 24.4 Å². The molecular formula is C15H23N3O3. The fourth-order valence-electron chi connectivity index (χ4n) is 2.25. The standard InChI is InChI=1S/C15H23N3O3/c1-15(2,3)21-14(19)18-9-7-17(8-10-18)12-5-6-16-11-13(12)20-4/h5-6,11H,7-10H2,1-4H3. The normalized spacial score (nSPS) is 15.8. The van der Waals surface area contributed by atoms with Crippen LogP contribution in [0.15, 0.2) is 18.5 Å². The van der Waals surface area contributed by atoms with Gasteiger partial charge in [0.25, 0.3) is 0 Å². The van der Waals surface area contributed by atoms with Gasteiger partial charge < -0.3 is 19.3 Å². The zero-order valence-corrected chi connectivity index (χ0v) is 13.1. The van der Waals surface area contributed by atoms with Gasteiger partial charge in [0.2, 0.25) is 0 Å². The minimum absolute atomic E-state index is 0.246. The van der Waals surface area contributed by atoms with Crippen LogP contribution in [-0.4, -0.2) is 54.9 Å². The molecule has 0 saturated carbocycles. The summed E-state index contributed by atoms with van der Waals surface area (Å²) >= 11 is 0. The largest absolute Gasteiger partial charge is 0.493 e. The predicted molar refractivity (Wildman–Crippen MR) is 80.8 cm³/mol. The highest BCUT2D eigenvalue weighted by molar-refractivity contribution is 5.69. The molecule has 0 aliphatic carbocycles. The van der Waals surface area contributed by atoms with Crippen molar-refractivity contribution in [3.05, 3.63) is 18.5 Å². The van der Waals surface area contributed by atoms with E-state index in [0.717, 1.165) is 24.5 Å². The van der Waals surface area contributed by atoms with Gasteiger partial charge in [-0.2, -0.15) is 0 Å². The van der Waals surface area contributed by atoms with E-state index in [1.165, 1.54) is 0 Å². The van der Waals surface area contributed by atoms with Crippen molar-refractivity contribution in [3.63, 3.8) is 0 Å². The number of hydrogen-bond donors (Lipinski definition) is 0. The van der Waals surface area contributed by atoms with Crippen LogP contribution >= 0.6 is 0 Å². The maximum absolute atomic E-state index is 12.0. The van der Waals surface area contributed by atoms with E-state index >= 15 is 0 Å². The van der Waals surface area contributed by atoms with Gasteiger partial charge in [-0.3, -0.25) is 4.98 Å². The van der Waals surface area contributed by atoms with Gasteiger partial charge in [-0.05, 0) is 26.8 Å². The van der Waals surface area contributed by atoms with Crippen molar-refractivity contribution < 1.29 is 14.3 Å². The number of carbonyl (C=O) groups excluding carboxylic acids is 1. The van der Waals surface area contributed by atoms with Crippen molar-refractivity contribution in [2.75, 3.05) is 38.2 Å². The molecule has 1 aromatic rings. The van der Waals surface area contributed by atoms with Gasteiger partial charge in [-0.15, -0.1) is 0 Å². The summed E-state index contributed by atoms with van der Waals surface area (Å²) in [6.45, 7) is 8.41. The van der Waals surface area contributed by atoms with Crippen molar-refractivity contribution in [1.82, 2.24) is 9.88 Å². The average molecular weight is 293 g/mol. The Morgan fingerprint density at radius 2 is 1.90 bits per heavy atom. The predicted octanol–water partition coefficient (Wildman–Crippen LogP) is 2.15. The van der Waals surface area contributed by atoms with Crippen LogP contribution in [0.4, 0.5) is 10.5 Å². The van der Waals surface area contributed by atoms with Gasteiger partial charge in [-0.25, -0.2) is 4.79 Å². The molecule has 0 spiro atoms. The number of carbonyl (C=O) groups is 1. The minimum atomic E-state index is -0.456. The van der Waals surface area contributed by atoms with Gasteiger partial charge in [0, 0.05) is 32.4 Å². The molecule has 1 aliphatic rings. The van der Waals surface area contributed by atoms with E-state index in [4.69, 9.17) is 9.47 Å². The van der Waals surface area contributed by atoms with Crippen molar-refractivity contribution in [3.8, 4) is 5.75 Å². The van der Waals surface area contributed by atoms with Crippen LogP contribution in [0.25, 0.3) is 0 Å². The van der Waals surface area contributed by atoms with Crippen molar-refractivity contribution in [1.29, 1.82) is 0 Å². The summed E-state index contributed by atoms with van der Waals surface area (Å²) in [7, 11) is 1.64. The van der Waals surface area contributed by atoms with E-state index < -0.39 is 5.60 Å². The molecule has 6 nitrogen and oxygen atoms in total. The fourth-order valence-corrected chi connectivity index (χ4v) is 2.25. The van der Waals surface area contributed by atoms with Crippen LogP contribution in [0.5, 0.6) is 5.75 Å². The van der Waals surface area contributed by atoms with Gasteiger partial charge in [-0.1, -0.05) is 0 Å². The molecule has 2 heterocycles. The second kappa shape index (κ2) is 6.20. The molecule has 0 N–H and O–H groups in total. The third kappa shape index (κ3) is 4.00. The first-order valence-corrected chi connectivity index (χ1v) is 7.11. The molecule has 1 saturated heterocycles. The smallest absolute Gasteiger partial charge is 0.410 e. The molecule has 1 amide bonds. The van der Waals surface area contributed by atoms with Crippen LogP contribution in [0.1, 0.15) is 20.8 Å². The Hall–Kier alpha value is -1.98. The molecule has 0 aromatic carbocycles. The van der Waals surface area contributed by atoms with E-state index in [1.807, 2.05) is 26.8 Å². The van der Waals surface area contributed by atoms with Gasteiger partial charge in [0.1, 0.15) is 5.60 Å². The number of amides is 1. The molecule has 1 aromatic heterocycles. The minimum Gasteiger partial charge on any atom is -0.493 e. The van der Waals surface area contributed by atoms with Gasteiger partial charge >= 0.3 is 6.09 Å². The van der Waals surface area contributed by atoms with E-state index in [9.17, 15) is 4.79 Å². The number of anilines is 1. The lowest BCUT2D eigenvalue weighted by atomic mass is 10.2. The maximum atomic E-state index is 12.0. The first-order chi connectivity index (χ1) is 9.90. The number of ether oxygens (including phenoxy) is 2. The summed E-state index contributed by atoms with van der Waals surface area (Å²) in [5, 5.41) is 0. The van der Waals surface area contributed by atoms with E-state index in [2.05, 4.69) is 9.88 Å². The molecular weight excluding hydrogens is 270 g/mol. The molecule has 1 fully saturated rings. The van der Waals surface area contributed by atoms with E-state index in [-0.39, 0.29) is 6.09 Å². The topological polar surface area (TPSA) is 54.9 Å². The zero-order valence-electron chi connectivity index (χ0n) is 13.1. The Balaban J connectivity index is 1.96. The molecule has 0 atom stereocenters. The number of nitrogens with zero attached hydrogens (tertiary/aromatic N) is 3. The summed E-state index contributed by atoms with van der Waals surface area (Å²) in [6.07, 6.45) is 3.21. The summed E-state index contributed by atoms with van der Waals surface area (Å²) in [6, 6.07) is 1.93. The number of piperazine rings is 1. The lowest BCUT2D eigenvalue weighted by Crippen LogP contribution is -2.50. The lowest BCUT2D eigenvalue weighted by Gasteiger charge is -2.37. The molecule has 1 aliphatic heterocycles. The molecule has 6 heteroatoms. The number of hydrogen-bond acceptors (Lipinski definition) is 5. The Morgan fingerprint density at radius 1 is 1.24 bits per heavy atom. The third-order valence-corrected chi connectivity index (χ3v) is 3.25. The summed E-state index contributed by atoms with van der Waals surface area (Å²) in [4.78, 5) is 20.0. The highest BCUT2D eigenvalue weighted by atomic mass is 16.6. The summed E-state index contributed by atoms with van der Waals surface area (Å²) in [5.41, 5.74) is 0.555. The Kier molecular flexibility index (Phi) is 4.55. The second-order valence-corrected chi connectivity index (χ2v) is 6.00. The second-order valence-electron chi connectivity index (χ2n) is 6.00. The first kappa shape index (κ1) is 15.4. The average Bonchev–Trinajstić information content (AvgIpc) is 2.45. The van der Waals surface area contributed by atoms with E-state index in [0.29, 0.717) is 13.1 Å². The van der Waals surface area contributed by atoms with Gasteiger partial charge in [0.05, 0.1) is 19.0 Å². The highest BCUT2D eigenvalue weighted by Gasteiger charge is 2.26. The number of rotatable bonds is 2. The van der Waals surface area contributed by atoms with Crippen LogP contribution in [-0.2, 0) is 4.74 Å². The van der Waals surface area contributed by atoms with Crippen LogP contribution in [0, 0.1) is 0 Å². The Bertz CT molecular complexity index is 491. The third-order valence-electron chi connectivity index (χ3n) is 3.25. The van der Waals surface area contributed by atoms with Crippen molar-refractivity contribution in [2.45, 2.75) is 26.4 Å². The number of aromatic nitrogens is 1. The lowest BCUT2D eigenvalue weighted by molar-refractivity contribution is 0.0240. The fraction of sp³-hybridized carbons (Fsp3) is 0.600. The molecule has 116 valence electrons. The van der Waals surface area contributed by atoms with Crippen LogP contribution in [0.3, 0.4) is 0 Å². The van der Waals surface area contributed by atoms with Crippen molar-refractivity contribution >= 4 is 11.8 Å². The molecule has 2 rings (SSSR count). The maximum Gasteiger partial charge on any atom is 0.410 e. The Labute approximate surface area is 125 Å². The zero-order chi connectivity index (χ0) is 15.5. The quantitative estimate of drug-likeness (QED) is 0.836. The molecule has 0 bridgehead atoms. The summed E-state index contributed by atoms with van der Waals surface area (Å²) < 4.78 is 10.7. The van der Waals surface area contributed by atoms with Crippen LogP contribution in [0.2, 0.25) is 0 Å². The van der Waals surface area contributed by atoms with Gasteiger partial charge in [0.15, 0.2) is 5.75 Å². The monoisotopic (exact) mass is 293 g/mol. The number of pyridine rings is 1. The molecule has 0 radical (unpaired) electrons. The number of methoxy groups -OCH3 is 1. The molecule has 0 unspecified atom stereocenters. The summed E-state index contributed by atoms with van der Waals surface area (Å²) in [5.74, 6) is 0.753. The Morgan fingerprint density at radius 3 is 2.48 bits per heavy atom. The molecule has 21 heavy (non-hydrogen) atoms.